The third-order valence-corrected chi connectivity index (χ3v) is 2.37. The van der Waals surface area contributed by atoms with Gasteiger partial charge in [-0.2, -0.15) is 0 Å². The molecule has 0 fully saturated rings. The standard InChI is InChI=1S/C9H8N2S.BrH/c1-7-11-9(6-12-7)8-2-4-10-5-3-8;/h2-6H,1H3;1H. The highest BCUT2D eigenvalue weighted by Crippen LogP contribution is 2.19. The van der Waals surface area contributed by atoms with Gasteiger partial charge in [-0.3, -0.25) is 4.98 Å². The lowest BCUT2D eigenvalue weighted by Crippen LogP contribution is -1.77. The minimum Gasteiger partial charge on any atom is -0.265 e. The van der Waals surface area contributed by atoms with Crippen molar-refractivity contribution in [2.45, 2.75) is 6.92 Å². The van der Waals surface area contributed by atoms with Gasteiger partial charge in [-0.25, -0.2) is 4.98 Å². The van der Waals surface area contributed by atoms with E-state index in [0.717, 1.165) is 16.3 Å². The minimum atomic E-state index is 0. The molecule has 0 spiro atoms. The van der Waals surface area contributed by atoms with E-state index >= 15 is 0 Å². The van der Waals surface area contributed by atoms with E-state index in [1.807, 2.05) is 19.1 Å². The summed E-state index contributed by atoms with van der Waals surface area (Å²) in [6.07, 6.45) is 3.56. The van der Waals surface area contributed by atoms with Crippen LogP contribution in [0.2, 0.25) is 0 Å². The molecule has 2 aromatic heterocycles. The van der Waals surface area contributed by atoms with Crippen LogP contribution in [0.15, 0.2) is 29.9 Å². The first-order valence-corrected chi connectivity index (χ1v) is 4.57. The first-order valence-electron chi connectivity index (χ1n) is 3.69. The molecule has 0 aliphatic heterocycles. The monoisotopic (exact) mass is 256 g/mol. The molecule has 13 heavy (non-hydrogen) atoms. The highest BCUT2D eigenvalue weighted by molar-refractivity contribution is 8.93. The lowest BCUT2D eigenvalue weighted by Gasteiger charge is -1.92. The molecule has 0 aliphatic carbocycles. The van der Waals surface area contributed by atoms with Crippen molar-refractivity contribution in [2.75, 3.05) is 0 Å². The average Bonchev–Trinajstić information content (AvgIpc) is 2.54. The van der Waals surface area contributed by atoms with Crippen molar-refractivity contribution < 1.29 is 0 Å². The molecular weight excluding hydrogens is 248 g/mol. The molecule has 0 aliphatic rings. The Morgan fingerprint density at radius 1 is 1.23 bits per heavy atom. The zero-order valence-corrected chi connectivity index (χ0v) is 9.63. The van der Waals surface area contributed by atoms with Crippen LogP contribution < -0.4 is 0 Å². The summed E-state index contributed by atoms with van der Waals surface area (Å²) in [7, 11) is 0. The molecule has 0 unspecified atom stereocenters. The van der Waals surface area contributed by atoms with Gasteiger partial charge >= 0.3 is 0 Å². The molecule has 0 radical (unpaired) electrons. The summed E-state index contributed by atoms with van der Waals surface area (Å²) < 4.78 is 0. The maximum atomic E-state index is 4.37. The Kier molecular flexibility index (Phi) is 3.57. The van der Waals surface area contributed by atoms with Gasteiger partial charge in [0.15, 0.2) is 0 Å². The number of rotatable bonds is 1. The fourth-order valence-electron chi connectivity index (χ4n) is 1.02. The molecule has 0 atom stereocenters. The number of aromatic nitrogens is 2. The van der Waals surface area contributed by atoms with Gasteiger partial charge in [0.1, 0.15) is 0 Å². The first kappa shape index (κ1) is 10.3. The zero-order valence-electron chi connectivity index (χ0n) is 7.10. The highest BCUT2D eigenvalue weighted by atomic mass is 79.9. The van der Waals surface area contributed by atoms with Crippen molar-refractivity contribution in [3.63, 3.8) is 0 Å². The molecular formula is C9H9BrN2S. The average molecular weight is 257 g/mol. The van der Waals surface area contributed by atoms with E-state index in [2.05, 4.69) is 15.3 Å². The van der Waals surface area contributed by atoms with Gasteiger partial charge in [-0.1, -0.05) is 0 Å². The topological polar surface area (TPSA) is 25.8 Å². The minimum absolute atomic E-state index is 0. The van der Waals surface area contributed by atoms with Crippen LogP contribution in [0.5, 0.6) is 0 Å². The predicted molar refractivity (Wildman–Crippen MR) is 60.4 cm³/mol. The van der Waals surface area contributed by atoms with Crippen LogP contribution in [-0.2, 0) is 0 Å². The second-order valence-corrected chi connectivity index (χ2v) is 3.55. The highest BCUT2D eigenvalue weighted by Gasteiger charge is 1.99. The maximum Gasteiger partial charge on any atom is 0.0901 e. The van der Waals surface area contributed by atoms with E-state index in [-0.39, 0.29) is 17.0 Å². The lowest BCUT2D eigenvalue weighted by molar-refractivity contribution is 1.28. The number of halogens is 1. The Bertz CT molecular complexity index is 372. The maximum absolute atomic E-state index is 4.37. The Balaban J connectivity index is 0.000000845. The smallest absolute Gasteiger partial charge is 0.0901 e. The number of nitrogens with zero attached hydrogens (tertiary/aromatic N) is 2. The van der Waals surface area contributed by atoms with Gasteiger partial charge in [0.2, 0.25) is 0 Å². The van der Waals surface area contributed by atoms with Gasteiger partial charge in [0.25, 0.3) is 0 Å². The largest absolute Gasteiger partial charge is 0.265 e. The Hall–Kier alpha value is -0.740. The molecule has 2 heterocycles. The van der Waals surface area contributed by atoms with Crippen LogP contribution in [0.4, 0.5) is 0 Å². The fraction of sp³-hybridized carbons (Fsp3) is 0.111. The van der Waals surface area contributed by atoms with Crippen LogP contribution in [0.25, 0.3) is 11.3 Å². The summed E-state index contributed by atoms with van der Waals surface area (Å²) in [6.45, 7) is 2.01. The van der Waals surface area contributed by atoms with Crippen LogP contribution in [0.1, 0.15) is 5.01 Å². The van der Waals surface area contributed by atoms with Gasteiger partial charge in [-0.15, -0.1) is 28.3 Å². The second-order valence-electron chi connectivity index (χ2n) is 2.49. The van der Waals surface area contributed by atoms with Crippen LogP contribution in [-0.4, -0.2) is 9.97 Å². The predicted octanol–water partition coefficient (Wildman–Crippen LogP) is 3.09. The number of pyridine rings is 1. The number of aryl methyl sites for hydroxylation is 1. The Morgan fingerprint density at radius 2 is 1.92 bits per heavy atom. The van der Waals surface area contributed by atoms with Gasteiger partial charge in [-0.05, 0) is 19.1 Å². The van der Waals surface area contributed by atoms with E-state index in [0.29, 0.717) is 0 Å². The first-order chi connectivity index (χ1) is 5.86. The molecule has 0 saturated heterocycles. The van der Waals surface area contributed by atoms with E-state index in [1.165, 1.54) is 0 Å². The van der Waals surface area contributed by atoms with E-state index in [9.17, 15) is 0 Å². The van der Waals surface area contributed by atoms with Crippen molar-refractivity contribution in [3.8, 4) is 11.3 Å². The SMILES string of the molecule is Br.Cc1nc(-c2ccncc2)cs1. The van der Waals surface area contributed by atoms with Gasteiger partial charge in [0.05, 0.1) is 10.7 Å². The van der Waals surface area contributed by atoms with Crippen molar-refractivity contribution in [1.82, 2.24) is 9.97 Å². The van der Waals surface area contributed by atoms with E-state index < -0.39 is 0 Å². The zero-order chi connectivity index (χ0) is 8.39. The Morgan fingerprint density at radius 3 is 2.46 bits per heavy atom. The van der Waals surface area contributed by atoms with Crippen LogP contribution in [0.3, 0.4) is 0 Å². The quantitative estimate of drug-likeness (QED) is 0.784. The molecule has 4 heteroatoms. The molecule has 68 valence electrons. The molecule has 0 bridgehead atoms. The molecule has 2 aromatic rings. The van der Waals surface area contributed by atoms with Crippen molar-refractivity contribution in [2.24, 2.45) is 0 Å². The number of hydrogen-bond acceptors (Lipinski definition) is 3. The fourth-order valence-corrected chi connectivity index (χ4v) is 1.64. The third-order valence-electron chi connectivity index (χ3n) is 1.60. The summed E-state index contributed by atoms with van der Waals surface area (Å²) in [4.78, 5) is 8.32. The Labute approximate surface area is 91.4 Å². The van der Waals surface area contributed by atoms with Crippen LogP contribution in [0, 0.1) is 6.92 Å². The van der Waals surface area contributed by atoms with Crippen LogP contribution >= 0.6 is 28.3 Å². The van der Waals surface area contributed by atoms with Gasteiger partial charge < -0.3 is 0 Å². The molecule has 0 N–H and O–H groups in total. The summed E-state index contributed by atoms with van der Waals surface area (Å²) in [5.41, 5.74) is 2.18. The number of thiazole rings is 1. The van der Waals surface area contributed by atoms with Gasteiger partial charge in [0, 0.05) is 23.3 Å². The van der Waals surface area contributed by atoms with Crippen molar-refractivity contribution in [1.29, 1.82) is 0 Å². The molecule has 2 rings (SSSR count). The molecule has 0 aromatic carbocycles. The summed E-state index contributed by atoms with van der Waals surface area (Å²) in [6, 6.07) is 3.93. The molecule has 0 amide bonds. The number of hydrogen-bond donors (Lipinski definition) is 0. The van der Waals surface area contributed by atoms with Crippen molar-refractivity contribution in [3.05, 3.63) is 34.9 Å². The van der Waals surface area contributed by atoms with E-state index in [4.69, 9.17) is 0 Å². The van der Waals surface area contributed by atoms with Crippen molar-refractivity contribution >= 4 is 28.3 Å². The lowest BCUT2D eigenvalue weighted by atomic mass is 10.2. The summed E-state index contributed by atoms with van der Waals surface area (Å²) in [5.74, 6) is 0. The molecule has 2 nitrogen and oxygen atoms in total. The second kappa shape index (κ2) is 4.48. The normalized spacial score (nSPS) is 9.31. The summed E-state index contributed by atoms with van der Waals surface area (Å²) in [5, 5.41) is 3.16. The third kappa shape index (κ3) is 2.35. The molecule has 0 saturated carbocycles. The summed E-state index contributed by atoms with van der Waals surface area (Å²) >= 11 is 1.67. The van der Waals surface area contributed by atoms with E-state index in [1.54, 1.807) is 23.7 Å².